The Morgan fingerprint density at radius 3 is 2.61 bits per heavy atom. The Morgan fingerprint density at radius 2 is 1.96 bits per heavy atom. The van der Waals surface area contributed by atoms with E-state index in [1.165, 1.54) is 18.2 Å². The maximum absolute atomic E-state index is 12.5. The minimum atomic E-state index is -0.515. The molecule has 0 radical (unpaired) electrons. The minimum Gasteiger partial charge on any atom is -0.463 e. The van der Waals surface area contributed by atoms with Gasteiger partial charge in [-0.2, -0.15) is 0 Å². The summed E-state index contributed by atoms with van der Waals surface area (Å²) >= 11 is 0. The highest BCUT2D eigenvalue weighted by Gasteiger charge is 2.30. The number of nitrogens with zero attached hydrogens (tertiary/aromatic N) is 2. The van der Waals surface area contributed by atoms with E-state index in [0.29, 0.717) is 24.0 Å². The summed E-state index contributed by atoms with van der Waals surface area (Å²) in [6.45, 7) is 3.84. The minimum absolute atomic E-state index is 0.00836. The van der Waals surface area contributed by atoms with E-state index in [1.807, 2.05) is 6.92 Å². The first-order valence-electron chi connectivity index (χ1n) is 9.02. The highest BCUT2D eigenvalue weighted by molar-refractivity contribution is 6.10. The molecule has 0 spiro atoms. The lowest BCUT2D eigenvalue weighted by Gasteiger charge is -2.15. The third-order valence-corrected chi connectivity index (χ3v) is 4.36. The second-order valence-corrected chi connectivity index (χ2v) is 6.17. The molecule has 1 aliphatic rings. The van der Waals surface area contributed by atoms with Crippen LogP contribution in [0.3, 0.4) is 0 Å². The summed E-state index contributed by atoms with van der Waals surface area (Å²) in [5.74, 6) is -1.34. The molecule has 0 unspecified atom stereocenters. The molecular weight excluding hydrogens is 364 g/mol. The van der Waals surface area contributed by atoms with E-state index >= 15 is 0 Å². The maximum atomic E-state index is 12.5. The molecule has 0 atom stereocenters. The molecule has 28 heavy (non-hydrogen) atoms. The van der Waals surface area contributed by atoms with E-state index in [2.05, 4.69) is 0 Å². The van der Waals surface area contributed by atoms with E-state index < -0.39 is 22.7 Å². The first-order valence-corrected chi connectivity index (χ1v) is 9.02. The Bertz CT molecular complexity index is 856. The fourth-order valence-electron chi connectivity index (χ4n) is 2.90. The van der Waals surface area contributed by atoms with Crippen molar-refractivity contribution >= 4 is 29.0 Å². The Morgan fingerprint density at radius 1 is 1.25 bits per heavy atom. The summed E-state index contributed by atoms with van der Waals surface area (Å²) < 4.78 is 4.86. The van der Waals surface area contributed by atoms with E-state index in [0.717, 1.165) is 10.5 Å². The topological polar surface area (TPSA) is 107 Å². The molecule has 1 aromatic rings. The molecule has 2 rings (SSSR count). The van der Waals surface area contributed by atoms with Crippen molar-refractivity contribution in [1.82, 2.24) is 4.90 Å². The van der Waals surface area contributed by atoms with Crippen molar-refractivity contribution < 1.29 is 24.0 Å². The zero-order valence-corrected chi connectivity index (χ0v) is 15.8. The Kier molecular flexibility index (Phi) is 7.20. The van der Waals surface area contributed by atoms with Gasteiger partial charge in [-0.3, -0.25) is 24.6 Å². The molecule has 0 N–H and O–H groups in total. The van der Waals surface area contributed by atoms with Crippen molar-refractivity contribution in [1.29, 1.82) is 0 Å². The molecule has 0 aliphatic carbocycles. The standard InChI is InChI=1S/C20H22N2O6/c1-3-14(11-20(25)28-4-2)9-10-18(23)21-13-15(12-19(21)24)16-7-5-6-8-17(16)22(26)27/h5-8,11-12H,3-4,9-10,13H2,1-2H3/b14-11+. The van der Waals surface area contributed by atoms with E-state index in [4.69, 9.17) is 4.74 Å². The van der Waals surface area contributed by atoms with Crippen LogP contribution in [0.25, 0.3) is 5.57 Å². The molecule has 0 saturated heterocycles. The molecule has 0 bridgehead atoms. The Labute approximate surface area is 162 Å². The number of imide groups is 1. The van der Waals surface area contributed by atoms with Gasteiger partial charge in [0.2, 0.25) is 5.91 Å². The highest BCUT2D eigenvalue weighted by atomic mass is 16.6. The zero-order valence-electron chi connectivity index (χ0n) is 15.8. The molecule has 8 nitrogen and oxygen atoms in total. The van der Waals surface area contributed by atoms with Crippen molar-refractivity contribution in [2.24, 2.45) is 0 Å². The monoisotopic (exact) mass is 386 g/mol. The maximum Gasteiger partial charge on any atom is 0.330 e. The number of benzene rings is 1. The quantitative estimate of drug-likeness (QED) is 0.294. The summed E-state index contributed by atoms with van der Waals surface area (Å²) in [6.07, 6.45) is 3.61. The predicted octanol–water partition coefficient (Wildman–Crippen LogP) is 3.03. The number of nitro groups is 1. The van der Waals surface area contributed by atoms with Crippen molar-refractivity contribution in [2.75, 3.05) is 13.2 Å². The molecule has 148 valence electrons. The number of carbonyl (C=O) groups excluding carboxylic acids is 3. The largest absolute Gasteiger partial charge is 0.463 e. The average molecular weight is 386 g/mol. The van der Waals surface area contributed by atoms with Crippen LogP contribution in [-0.4, -0.2) is 40.8 Å². The van der Waals surface area contributed by atoms with Crippen LogP contribution in [0.4, 0.5) is 5.69 Å². The number of hydrogen-bond donors (Lipinski definition) is 0. The van der Waals surface area contributed by atoms with Crippen molar-refractivity contribution in [3.05, 3.63) is 57.7 Å². The van der Waals surface area contributed by atoms with Gasteiger partial charge < -0.3 is 4.74 Å². The lowest BCUT2D eigenvalue weighted by atomic mass is 10.0. The third kappa shape index (κ3) is 5.12. The molecule has 1 aromatic carbocycles. The van der Waals surface area contributed by atoms with Gasteiger partial charge in [0.1, 0.15) is 0 Å². The van der Waals surface area contributed by atoms with Gasteiger partial charge in [0, 0.05) is 24.6 Å². The van der Waals surface area contributed by atoms with Crippen LogP contribution < -0.4 is 0 Å². The number of nitro benzene ring substituents is 1. The molecule has 2 amide bonds. The Hall–Kier alpha value is -3.29. The van der Waals surface area contributed by atoms with Gasteiger partial charge in [0.25, 0.3) is 11.6 Å². The van der Waals surface area contributed by atoms with Crippen LogP contribution in [0.15, 0.2) is 42.0 Å². The van der Waals surface area contributed by atoms with E-state index in [9.17, 15) is 24.5 Å². The van der Waals surface area contributed by atoms with Crippen LogP contribution >= 0.6 is 0 Å². The van der Waals surface area contributed by atoms with Gasteiger partial charge >= 0.3 is 5.97 Å². The first kappa shape index (κ1) is 21.0. The van der Waals surface area contributed by atoms with Gasteiger partial charge in [-0.05, 0) is 31.4 Å². The summed E-state index contributed by atoms with van der Waals surface area (Å²) in [7, 11) is 0. The fourth-order valence-corrected chi connectivity index (χ4v) is 2.90. The lowest BCUT2D eigenvalue weighted by Crippen LogP contribution is -2.32. The number of amides is 2. The molecule has 1 heterocycles. The Balaban J connectivity index is 2.05. The van der Waals surface area contributed by atoms with Crippen LogP contribution in [0, 0.1) is 10.1 Å². The first-order chi connectivity index (χ1) is 13.4. The molecule has 0 saturated carbocycles. The predicted molar refractivity (Wildman–Crippen MR) is 102 cm³/mol. The lowest BCUT2D eigenvalue weighted by molar-refractivity contribution is -0.385. The van der Waals surface area contributed by atoms with Crippen molar-refractivity contribution in [2.45, 2.75) is 33.1 Å². The SMILES string of the molecule is CCOC(=O)/C=C(\CC)CCC(=O)N1CC(c2ccccc2[N+](=O)[O-])=CC1=O. The number of carbonyl (C=O) groups is 3. The second kappa shape index (κ2) is 9.59. The van der Waals surface area contributed by atoms with Crippen molar-refractivity contribution in [3.63, 3.8) is 0 Å². The fraction of sp³-hybridized carbons (Fsp3) is 0.350. The van der Waals surface area contributed by atoms with Gasteiger partial charge in [0.05, 0.1) is 23.6 Å². The normalized spacial score (nSPS) is 14.1. The number of para-hydroxylation sites is 1. The number of ether oxygens (including phenoxy) is 1. The molecule has 0 aromatic heterocycles. The molecule has 8 heteroatoms. The summed E-state index contributed by atoms with van der Waals surface area (Å²) in [4.78, 5) is 48.0. The van der Waals surface area contributed by atoms with Gasteiger partial charge in [-0.1, -0.05) is 24.6 Å². The third-order valence-electron chi connectivity index (χ3n) is 4.36. The summed E-state index contributed by atoms with van der Waals surface area (Å²) in [5, 5.41) is 11.2. The summed E-state index contributed by atoms with van der Waals surface area (Å²) in [5.41, 5.74) is 1.41. The smallest absolute Gasteiger partial charge is 0.330 e. The van der Waals surface area contributed by atoms with Crippen LogP contribution in [0.2, 0.25) is 0 Å². The van der Waals surface area contributed by atoms with Crippen LogP contribution in [0.5, 0.6) is 0 Å². The van der Waals surface area contributed by atoms with E-state index in [-0.39, 0.29) is 25.3 Å². The van der Waals surface area contributed by atoms with Crippen LogP contribution in [0.1, 0.15) is 38.7 Å². The van der Waals surface area contributed by atoms with Gasteiger partial charge in [0.15, 0.2) is 0 Å². The zero-order chi connectivity index (χ0) is 20.7. The number of esters is 1. The molecule has 0 fully saturated rings. The summed E-state index contributed by atoms with van der Waals surface area (Å²) in [6, 6.07) is 6.11. The van der Waals surface area contributed by atoms with Crippen molar-refractivity contribution in [3.8, 4) is 0 Å². The second-order valence-electron chi connectivity index (χ2n) is 6.17. The highest BCUT2D eigenvalue weighted by Crippen LogP contribution is 2.30. The molecular formula is C20H22N2O6. The van der Waals surface area contributed by atoms with E-state index in [1.54, 1.807) is 25.1 Å². The van der Waals surface area contributed by atoms with Gasteiger partial charge in [-0.15, -0.1) is 0 Å². The number of rotatable bonds is 8. The molecule has 1 aliphatic heterocycles. The average Bonchev–Trinajstić information content (AvgIpc) is 3.06. The van der Waals surface area contributed by atoms with Crippen LogP contribution in [-0.2, 0) is 19.1 Å². The van der Waals surface area contributed by atoms with Gasteiger partial charge in [-0.25, -0.2) is 4.79 Å². The number of allylic oxidation sites excluding steroid dienone is 1. The number of hydrogen-bond acceptors (Lipinski definition) is 6.